The molecule has 144 valence electrons. The molecule has 1 saturated heterocycles. The van der Waals surface area contributed by atoms with Crippen molar-refractivity contribution in [2.24, 2.45) is 5.92 Å². The van der Waals surface area contributed by atoms with E-state index in [1.54, 1.807) is 6.20 Å². The molecule has 1 unspecified atom stereocenters. The number of nitrogens with one attached hydrogen (secondary N) is 1. The summed E-state index contributed by atoms with van der Waals surface area (Å²) in [5.74, 6) is 2.16. The number of amides is 1. The van der Waals surface area contributed by atoms with Gasteiger partial charge in [-0.25, -0.2) is 4.98 Å². The average molecular weight is 400 g/mol. The second-order valence-electron chi connectivity index (χ2n) is 6.54. The number of hydrogen-bond acceptors (Lipinski definition) is 4. The van der Waals surface area contributed by atoms with E-state index in [9.17, 15) is 4.79 Å². The fourth-order valence-electron chi connectivity index (χ4n) is 3.16. The molecule has 1 fully saturated rings. The molecule has 1 aliphatic rings. The van der Waals surface area contributed by atoms with Crippen molar-refractivity contribution in [1.82, 2.24) is 15.2 Å². The highest BCUT2D eigenvalue weighted by atomic mass is 35.5. The van der Waals surface area contributed by atoms with Crippen molar-refractivity contribution >= 4 is 30.7 Å². The van der Waals surface area contributed by atoms with Gasteiger partial charge in [0, 0.05) is 31.5 Å². The van der Waals surface area contributed by atoms with E-state index in [0.29, 0.717) is 24.7 Å². The van der Waals surface area contributed by atoms with Gasteiger partial charge in [-0.05, 0) is 32.9 Å². The number of benzene rings is 1. The lowest BCUT2D eigenvalue weighted by Crippen LogP contribution is -2.30. The lowest BCUT2D eigenvalue weighted by Gasteiger charge is -2.16. The van der Waals surface area contributed by atoms with Gasteiger partial charge in [0.1, 0.15) is 0 Å². The Kier molecular flexibility index (Phi) is 9.13. The van der Waals surface area contributed by atoms with Crippen LogP contribution in [0.2, 0.25) is 0 Å². The zero-order valence-corrected chi connectivity index (χ0v) is 16.9. The van der Waals surface area contributed by atoms with Gasteiger partial charge >= 0.3 is 0 Å². The van der Waals surface area contributed by atoms with Crippen molar-refractivity contribution in [3.8, 4) is 11.3 Å². The first-order valence-corrected chi connectivity index (χ1v) is 8.60. The minimum absolute atomic E-state index is 0. The summed E-state index contributed by atoms with van der Waals surface area (Å²) in [7, 11) is 1.96. The number of carbonyl (C=O) groups excluding carboxylic acids is 1. The van der Waals surface area contributed by atoms with Crippen molar-refractivity contribution in [3.05, 3.63) is 41.9 Å². The molecule has 2 heterocycles. The molecule has 1 aromatic heterocycles. The predicted molar refractivity (Wildman–Crippen MR) is 108 cm³/mol. The zero-order valence-electron chi connectivity index (χ0n) is 15.2. The molecular formula is C19H27Cl2N3O2. The fourth-order valence-corrected chi connectivity index (χ4v) is 3.16. The minimum atomic E-state index is 0. The Hall–Kier alpha value is -1.56. The molecule has 0 aliphatic carbocycles. The standard InChI is InChI=1S/C19H25N3O2.2ClH/c1-14-3-5-16(6-4-14)17-12-21-18(24-17)7-8-19(23)22-10-9-15(13-22)11-20-2;;/h3-6,12,15,20H,7-11,13H2,1-2H3;2*1H. The maximum Gasteiger partial charge on any atom is 0.223 e. The van der Waals surface area contributed by atoms with Gasteiger partial charge in [-0.2, -0.15) is 0 Å². The first-order valence-electron chi connectivity index (χ1n) is 8.60. The van der Waals surface area contributed by atoms with Crippen LogP contribution >= 0.6 is 24.8 Å². The van der Waals surface area contributed by atoms with Gasteiger partial charge in [0.05, 0.1) is 6.20 Å². The van der Waals surface area contributed by atoms with Crippen molar-refractivity contribution in [2.45, 2.75) is 26.2 Å². The summed E-state index contributed by atoms with van der Waals surface area (Å²) in [6, 6.07) is 8.15. The van der Waals surface area contributed by atoms with Gasteiger partial charge < -0.3 is 14.6 Å². The molecule has 1 N–H and O–H groups in total. The van der Waals surface area contributed by atoms with E-state index < -0.39 is 0 Å². The molecule has 5 nitrogen and oxygen atoms in total. The molecule has 1 aliphatic heterocycles. The number of nitrogens with zero attached hydrogens (tertiary/aromatic N) is 2. The van der Waals surface area contributed by atoms with E-state index in [-0.39, 0.29) is 30.7 Å². The molecule has 0 bridgehead atoms. The third kappa shape index (κ3) is 5.73. The van der Waals surface area contributed by atoms with E-state index in [1.807, 2.05) is 24.1 Å². The third-order valence-electron chi connectivity index (χ3n) is 4.57. The number of oxazole rings is 1. The van der Waals surface area contributed by atoms with Crippen LogP contribution in [0.1, 0.15) is 24.3 Å². The molecule has 0 spiro atoms. The molecule has 0 radical (unpaired) electrons. The van der Waals surface area contributed by atoms with Crippen LogP contribution in [-0.2, 0) is 11.2 Å². The quantitative estimate of drug-likeness (QED) is 0.807. The molecular weight excluding hydrogens is 373 g/mol. The van der Waals surface area contributed by atoms with Crippen LogP contribution in [0.3, 0.4) is 0 Å². The second kappa shape index (κ2) is 10.6. The SMILES string of the molecule is CNCC1CCN(C(=O)CCc2ncc(-c3ccc(C)cc3)o2)C1.Cl.Cl. The van der Waals surface area contributed by atoms with Crippen LogP contribution in [-0.4, -0.2) is 42.5 Å². The molecule has 1 atom stereocenters. The maximum absolute atomic E-state index is 12.3. The van der Waals surface area contributed by atoms with Crippen LogP contribution in [0.25, 0.3) is 11.3 Å². The summed E-state index contributed by atoms with van der Waals surface area (Å²) in [5, 5.41) is 3.19. The Morgan fingerprint density at radius 3 is 2.73 bits per heavy atom. The molecule has 26 heavy (non-hydrogen) atoms. The maximum atomic E-state index is 12.3. The van der Waals surface area contributed by atoms with Crippen molar-refractivity contribution in [2.75, 3.05) is 26.7 Å². The lowest BCUT2D eigenvalue weighted by atomic mass is 10.1. The second-order valence-corrected chi connectivity index (χ2v) is 6.54. The van der Waals surface area contributed by atoms with Crippen molar-refractivity contribution in [1.29, 1.82) is 0 Å². The number of hydrogen-bond donors (Lipinski definition) is 1. The van der Waals surface area contributed by atoms with E-state index in [2.05, 4.69) is 29.4 Å². The molecule has 2 aromatic rings. The van der Waals surface area contributed by atoms with Crippen LogP contribution in [0, 0.1) is 12.8 Å². The van der Waals surface area contributed by atoms with Gasteiger partial charge in [0.25, 0.3) is 0 Å². The molecule has 1 aromatic carbocycles. The highest BCUT2D eigenvalue weighted by molar-refractivity contribution is 5.85. The molecule has 0 saturated carbocycles. The van der Waals surface area contributed by atoms with Crippen LogP contribution in [0.15, 0.2) is 34.9 Å². The largest absolute Gasteiger partial charge is 0.441 e. The summed E-state index contributed by atoms with van der Waals surface area (Å²) < 4.78 is 5.79. The topological polar surface area (TPSA) is 58.4 Å². The number of halogens is 2. The number of aryl methyl sites for hydroxylation is 2. The van der Waals surface area contributed by atoms with E-state index in [4.69, 9.17) is 4.42 Å². The van der Waals surface area contributed by atoms with Crippen LogP contribution in [0.4, 0.5) is 0 Å². The van der Waals surface area contributed by atoms with Gasteiger partial charge in [0.2, 0.25) is 5.91 Å². The number of likely N-dealkylation sites (tertiary alicyclic amines) is 1. The molecule has 3 rings (SSSR count). The van der Waals surface area contributed by atoms with Gasteiger partial charge in [-0.3, -0.25) is 4.79 Å². The van der Waals surface area contributed by atoms with E-state index in [1.165, 1.54) is 5.56 Å². The monoisotopic (exact) mass is 399 g/mol. The highest BCUT2D eigenvalue weighted by Crippen LogP contribution is 2.22. The Morgan fingerprint density at radius 1 is 1.31 bits per heavy atom. The summed E-state index contributed by atoms with van der Waals surface area (Å²) in [5.41, 5.74) is 2.23. The zero-order chi connectivity index (χ0) is 16.9. The number of carbonyl (C=O) groups is 1. The summed E-state index contributed by atoms with van der Waals surface area (Å²) in [6.07, 6.45) is 3.84. The lowest BCUT2D eigenvalue weighted by molar-refractivity contribution is -0.130. The number of aromatic nitrogens is 1. The molecule has 1 amide bonds. The van der Waals surface area contributed by atoms with E-state index >= 15 is 0 Å². The highest BCUT2D eigenvalue weighted by Gasteiger charge is 2.25. The smallest absolute Gasteiger partial charge is 0.223 e. The minimum Gasteiger partial charge on any atom is -0.441 e. The van der Waals surface area contributed by atoms with Crippen LogP contribution in [0.5, 0.6) is 0 Å². The van der Waals surface area contributed by atoms with Crippen molar-refractivity contribution in [3.63, 3.8) is 0 Å². The summed E-state index contributed by atoms with van der Waals surface area (Å²) in [4.78, 5) is 18.6. The van der Waals surface area contributed by atoms with Crippen LogP contribution < -0.4 is 5.32 Å². The molecule has 7 heteroatoms. The van der Waals surface area contributed by atoms with Gasteiger partial charge in [-0.15, -0.1) is 24.8 Å². The average Bonchev–Trinajstić information content (AvgIpc) is 3.23. The Balaban J connectivity index is 0.00000169. The Bertz CT molecular complexity index is 688. The summed E-state index contributed by atoms with van der Waals surface area (Å²) >= 11 is 0. The number of rotatable bonds is 6. The third-order valence-corrected chi connectivity index (χ3v) is 4.57. The van der Waals surface area contributed by atoms with Gasteiger partial charge in [-0.1, -0.05) is 29.8 Å². The first kappa shape index (κ1) is 22.5. The fraction of sp³-hybridized carbons (Fsp3) is 0.474. The Morgan fingerprint density at radius 2 is 2.04 bits per heavy atom. The normalized spacial score (nSPS) is 16.1. The van der Waals surface area contributed by atoms with E-state index in [0.717, 1.165) is 37.4 Å². The predicted octanol–water partition coefficient (Wildman–Crippen LogP) is 3.49. The first-order chi connectivity index (χ1) is 11.7. The van der Waals surface area contributed by atoms with Gasteiger partial charge in [0.15, 0.2) is 11.7 Å². The Labute approximate surface area is 167 Å². The van der Waals surface area contributed by atoms with Crippen molar-refractivity contribution < 1.29 is 9.21 Å². The summed E-state index contributed by atoms with van der Waals surface area (Å²) in [6.45, 7) is 4.76.